The second kappa shape index (κ2) is 29.8. The first-order chi connectivity index (χ1) is 20.6. The maximum absolute atomic E-state index is 12.2. The number of phosphoric ester groups is 1. The molecule has 0 unspecified atom stereocenters. The predicted molar refractivity (Wildman–Crippen MR) is 174 cm³/mol. The number of carbonyl (C=O) groups is 3. The fourth-order valence-corrected chi connectivity index (χ4v) is 5.73. The van der Waals surface area contributed by atoms with E-state index in [1.807, 2.05) is 0 Å². The Balaban J connectivity index is 3.91. The van der Waals surface area contributed by atoms with Crippen molar-refractivity contribution in [2.45, 2.75) is 168 Å². The van der Waals surface area contributed by atoms with E-state index >= 15 is 0 Å². The van der Waals surface area contributed by atoms with Crippen molar-refractivity contribution in [1.82, 2.24) is 0 Å². The number of hydrogen-bond acceptors (Lipinski definition) is 8. The molecule has 2 N–H and O–H groups in total. The van der Waals surface area contributed by atoms with Gasteiger partial charge >= 0.3 is 19.8 Å². The number of esters is 2. The third-order valence-corrected chi connectivity index (χ3v) is 8.61. The number of carbonyl (C=O) groups excluding carboxylic acids is 3. The molecule has 0 aromatic rings. The topological polar surface area (TPSA) is 136 Å². The highest BCUT2D eigenvalue weighted by molar-refractivity contribution is 8.13. The van der Waals surface area contributed by atoms with E-state index in [1.54, 1.807) is 6.92 Å². The zero-order valence-corrected chi connectivity index (χ0v) is 28.8. The molecule has 0 bridgehead atoms. The minimum absolute atomic E-state index is 0.205. The largest absolute Gasteiger partial charge is 0.469 e. The number of thioether (sulfide) groups is 1. The lowest BCUT2D eigenvalue weighted by Crippen LogP contribution is -2.29. The second-order valence-electron chi connectivity index (χ2n) is 11.5. The van der Waals surface area contributed by atoms with Crippen molar-refractivity contribution in [2.75, 3.05) is 19.0 Å². The van der Waals surface area contributed by atoms with Crippen molar-refractivity contribution >= 4 is 36.6 Å². The number of rotatable bonds is 31. The Labute approximate surface area is 265 Å². The van der Waals surface area contributed by atoms with Crippen LogP contribution in [0.4, 0.5) is 0 Å². The monoisotopic (exact) mass is 652 g/mol. The minimum atomic E-state index is -4.74. The maximum atomic E-state index is 12.2. The molecule has 1 atom stereocenters. The van der Waals surface area contributed by atoms with E-state index in [9.17, 15) is 18.9 Å². The lowest BCUT2D eigenvalue weighted by Gasteiger charge is -2.18. The molecule has 0 fully saturated rings. The third kappa shape index (κ3) is 33.8. The second-order valence-corrected chi connectivity index (χ2v) is 14.0. The van der Waals surface area contributed by atoms with Crippen molar-refractivity contribution in [3.05, 3.63) is 0 Å². The van der Waals surface area contributed by atoms with E-state index in [4.69, 9.17) is 19.3 Å². The van der Waals surface area contributed by atoms with Gasteiger partial charge in [0.2, 0.25) is 0 Å². The summed E-state index contributed by atoms with van der Waals surface area (Å²) in [5.74, 6) is 0.0336. The number of phosphoric acid groups is 1. The van der Waals surface area contributed by atoms with Gasteiger partial charge in [-0.15, -0.1) is 0 Å². The summed E-state index contributed by atoms with van der Waals surface area (Å²) in [4.78, 5) is 53.3. The van der Waals surface area contributed by atoms with Gasteiger partial charge in [-0.2, -0.15) is 0 Å². The Hall–Kier alpha value is -0.930. The van der Waals surface area contributed by atoms with Crippen LogP contribution in [0, 0.1) is 0 Å². The standard InChI is InChI=1S/C32H61O9PS/c1-3-4-5-6-7-12-16-19-22-25-32(35)41-30(28-40-42(36,37)38)27-39-31(34)24-21-18-15-13-10-8-9-11-14-17-20-23-26-43-29(2)33/h30H,3-28H2,1-2H3,(H2,36,37,38)/t30-/m1/s1. The Kier molecular flexibility index (Phi) is 29.1. The molecular formula is C32H61O9PS. The van der Waals surface area contributed by atoms with Crippen molar-refractivity contribution in [1.29, 1.82) is 0 Å². The van der Waals surface area contributed by atoms with Crippen molar-refractivity contribution in [3.63, 3.8) is 0 Å². The molecule has 254 valence electrons. The summed E-state index contributed by atoms with van der Waals surface area (Å²) in [6.07, 6.45) is 23.1. The minimum Gasteiger partial charge on any atom is -0.462 e. The molecule has 0 radical (unpaired) electrons. The normalized spacial score (nSPS) is 12.3. The Morgan fingerprint density at radius 3 is 1.49 bits per heavy atom. The van der Waals surface area contributed by atoms with E-state index in [2.05, 4.69) is 11.4 Å². The van der Waals surface area contributed by atoms with Crippen LogP contribution in [0.3, 0.4) is 0 Å². The van der Waals surface area contributed by atoms with Gasteiger partial charge in [-0.1, -0.05) is 134 Å². The average molecular weight is 653 g/mol. The van der Waals surface area contributed by atoms with Gasteiger partial charge < -0.3 is 19.3 Å². The average Bonchev–Trinajstić information content (AvgIpc) is 2.95. The van der Waals surface area contributed by atoms with Crippen LogP contribution in [-0.2, 0) is 32.9 Å². The Bertz CT molecular complexity index is 744. The first-order valence-electron chi connectivity index (χ1n) is 16.8. The summed E-state index contributed by atoms with van der Waals surface area (Å²) in [5, 5.41) is 0.205. The molecule has 0 rings (SSSR count). The van der Waals surface area contributed by atoms with Gasteiger partial charge in [-0.05, 0) is 19.3 Å². The highest BCUT2D eigenvalue weighted by Crippen LogP contribution is 2.36. The Morgan fingerprint density at radius 2 is 1.05 bits per heavy atom. The van der Waals surface area contributed by atoms with Crippen LogP contribution in [0.1, 0.15) is 162 Å². The summed E-state index contributed by atoms with van der Waals surface area (Å²) < 4.78 is 26.1. The van der Waals surface area contributed by atoms with E-state index in [0.29, 0.717) is 12.8 Å². The van der Waals surface area contributed by atoms with Crippen LogP contribution < -0.4 is 0 Å². The number of ether oxygens (including phenoxy) is 2. The predicted octanol–water partition coefficient (Wildman–Crippen LogP) is 8.82. The van der Waals surface area contributed by atoms with Gasteiger partial charge in [-0.25, -0.2) is 4.57 Å². The molecule has 0 aromatic carbocycles. The smallest absolute Gasteiger partial charge is 0.462 e. The molecular weight excluding hydrogens is 591 g/mol. The van der Waals surface area contributed by atoms with Gasteiger partial charge in [0.15, 0.2) is 11.2 Å². The fraction of sp³-hybridized carbons (Fsp3) is 0.906. The molecule has 0 spiro atoms. The quantitative estimate of drug-likeness (QED) is 0.0424. The van der Waals surface area contributed by atoms with Crippen LogP contribution in [0.15, 0.2) is 0 Å². The van der Waals surface area contributed by atoms with E-state index in [-0.39, 0.29) is 24.6 Å². The molecule has 0 saturated carbocycles. The van der Waals surface area contributed by atoms with Gasteiger partial charge in [0.25, 0.3) is 0 Å². The highest BCUT2D eigenvalue weighted by atomic mass is 32.2. The first-order valence-corrected chi connectivity index (χ1v) is 19.3. The van der Waals surface area contributed by atoms with Crippen LogP contribution in [0.25, 0.3) is 0 Å². The number of hydrogen-bond donors (Lipinski definition) is 2. The van der Waals surface area contributed by atoms with Crippen LogP contribution in [-0.4, -0.2) is 51.9 Å². The zero-order chi connectivity index (χ0) is 32.0. The molecule has 43 heavy (non-hydrogen) atoms. The molecule has 0 aliphatic heterocycles. The molecule has 0 aromatic heterocycles. The summed E-state index contributed by atoms with van der Waals surface area (Å²) in [5.41, 5.74) is 0. The summed E-state index contributed by atoms with van der Waals surface area (Å²) >= 11 is 1.42. The van der Waals surface area contributed by atoms with E-state index < -0.39 is 32.5 Å². The number of unbranched alkanes of at least 4 members (excludes halogenated alkanes) is 19. The van der Waals surface area contributed by atoms with Crippen LogP contribution >= 0.6 is 19.6 Å². The first kappa shape index (κ1) is 42.1. The van der Waals surface area contributed by atoms with Crippen molar-refractivity contribution in [3.8, 4) is 0 Å². The maximum Gasteiger partial charge on any atom is 0.469 e. The zero-order valence-electron chi connectivity index (χ0n) is 27.1. The lowest BCUT2D eigenvalue weighted by atomic mass is 10.0. The van der Waals surface area contributed by atoms with Crippen LogP contribution in [0.5, 0.6) is 0 Å². The van der Waals surface area contributed by atoms with Gasteiger partial charge in [0.1, 0.15) is 6.61 Å². The molecule has 11 heteroatoms. The molecule has 0 aliphatic rings. The molecule has 0 heterocycles. The van der Waals surface area contributed by atoms with Crippen molar-refractivity contribution < 1.29 is 42.7 Å². The highest BCUT2D eigenvalue weighted by Gasteiger charge is 2.22. The Morgan fingerprint density at radius 1 is 0.628 bits per heavy atom. The van der Waals surface area contributed by atoms with Gasteiger partial charge in [0.05, 0.1) is 6.61 Å². The summed E-state index contributed by atoms with van der Waals surface area (Å²) in [6, 6.07) is 0. The van der Waals surface area contributed by atoms with Gasteiger partial charge in [-0.3, -0.25) is 18.9 Å². The van der Waals surface area contributed by atoms with Crippen molar-refractivity contribution in [2.24, 2.45) is 0 Å². The summed E-state index contributed by atoms with van der Waals surface area (Å²) in [6.45, 7) is 2.99. The lowest BCUT2D eigenvalue weighted by molar-refractivity contribution is -0.161. The van der Waals surface area contributed by atoms with Crippen LogP contribution in [0.2, 0.25) is 0 Å². The molecule has 0 aliphatic carbocycles. The summed E-state index contributed by atoms with van der Waals surface area (Å²) in [7, 11) is -4.74. The van der Waals surface area contributed by atoms with Gasteiger partial charge in [0, 0.05) is 25.5 Å². The third-order valence-electron chi connectivity index (χ3n) is 7.22. The molecule has 0 amide bonds. The molecule has 0 saturated heterocycles. The SMILES string of the molecule is CCCCCCCCCCCC(=O)O[C@H](COC(=O)CCCCCCCCCCCCCCSC(C)=O)COP(=O)(O)O. The van der Waals surface area contributed by atoms with E-state index in [0.717, 1.165) is 50.7 Å². The molecule has 9 nitrogen and oxygen atoms in total. The fourth-order valence-electron chi connectivity index (χ4n) is 4.73. The van der Waals surface area contributed by atoms with E-state index in [1.165, 1.54) is 88.8 Å².